The number of nitrogens with one attached hydrogen (secondary N) is 1. The molecule has 0 saturated carbocycles. The number of benzene rings is 1. The van der Waals surface area contributed by atoms with Crippen molar-refractivity contribution < 1.29 is 13.9 Å². The zero-order valence-corrected chi connectivity index (χ0v) is 13.9. The van der Waals surface area contributed by atoms with Gasteiger partial charge in [-0.3, -0.25) is 0 Å². The molecule has 1 N–H and O–H groups in total. The zero-order chi connectivity index (χ0) is 16.4. The first-order chi connectivity index (χ1) is 11.8. The molecule has 0 spiro atoms. The molecule has 7 nitrogen and oxygen atoms in total. The third kappa shape index (κ3) is 3.11. The molecule has 2 saturated heterocycles. The van der Waals surface area contributed by atoms with E-state index < -0.39 is 0 Å². The second kappa shape index (κ2) is 6.82. The molecule has 2 aliphatic rings. The lowest BCUT2D eigenvalue weighted by atomic mass is 10.1. The Morgan fingerprint density at radius 2 is 2.38 bits per heavy atom. The van der Waals surface area contributed by atoms with E-state index in [9.17, 15) is 4.79 Å². The van der Waals surface area contributed by atoms with Crippen molar-refractivity contribution in [3.63, 3.8) is 0 Å². The minimum Gasteiger partial charge on any atom is -0.423 e. The maximum absolute atomic E-state index is 12.7. The number of carbonyl (C=O) groups excluding carboxylic acids is 1. The van der Waals surface area contributed by atoms with E-state index in [2.05, 4.69) is 15.5 Å². The van der Waals surface area contributed by atoms with Crippen LogP contribution in [-0.2, 0) is 4.74 Å². The second-order valence-electron chi connectivity index (χ2n) is 5.79. The fourth-order valence-corrected chi connectivity index (χ4v) is 4.46. The summed E-state index contributed by atoms with van der Waals surface area (Å²) in [6, 6.07) is 7.61. The third-order valence-electron chi connectivity index (χ3n) is 4.32. The summed E-state index contributed by atoms with van der Waals surface area (Å²) in [5, 5.41) is 10.9. The summed E-state index contributed by atoms with van der Waals surface area (Å²) in [4.78, 5) is 14.7. The largest absolute Gasteiger partial charge is 0.423 e. The van der Waals surface area contributed by atoms with Crippen molar-refractivity contribution in [3.05, 3.63) is 30.7 Å². The number of amides is 2. The molecule has 3 heterocycles. The number of anilines is 1. The molecule has 2 amide bonds. The first kappa shape index (κ1) is 15.5. The maximum atomic E-state index is 12.7. The van der Waals surface area contributed by atoms with E-state index in [0.717, 1.165) is 43.2 Å². The number of nitrogens with zero attached hydrogens (tertiary/aromatic N) is 3. The molecule has 8 heteroatoms. The lowest BCUT2D eigenvalue weighted by Gasteiger charge is -2.43. The van der Waals surface area contributed by atoms with Crippen LogP contribution < -0.4 is 5.32 Å². The Morgan fingerprint density at radius 1 is 1.42 bits per heavy atom. The summed E-state index contributed by atoms with van der Waals surface area (Å²) in [5.74, 6) is 1.38. The number of hydrogen-bond donors (Lipinski definition) is 1. The molecule has 1 aromatic heterocycles. The highest BCUT2D eigenvalue weighted by Gasteiger charge is 2.36. The Kier molecular flexibility index (Phi) is 4.40. The Hall–Kier alpha value is -2.06. The monoisotopic (exact) mass is 346 g/mol. The number of carbonyl (C=O) groups is 1. The van der Waals surface area contributed by atoms with E-state index in [0.29, 0.717) is 11.1 Å². The van der Waals surface area contributed by atoms with Crippen LogP contribution in [0.4, 0.5) is 10.5 Å². The quantitative estimate of drug-likeness (QED) is 0.900. The molecule has 0 unspecified atom stereocenters. The third-order valence-corrected chi connectivity index (χ3v) is 5.61. The number of urea groups is 1. The summed E-state index contributed by atoms with van der Waals surface area (Å²) >= 11 is 1.90. The van der Waals surface area contributed by atoms with Gasteiger partial charge in [0.25, 0.3) is 0 Å². The topological polar surface area (TPSA) is 80.5 Å². The normalized spacial score (nSPS) is 23.6. The molecule has 1 aromatic carbocycles. The van der Waals surface area contributed by atoms with Crippen LogP contribution in [0, 0.1) is 0 Å². The summed E-state index contributed by atoms with van der Waals surface area (Å²) in [5.41, 5.74) is 1.50. The minimum absolute atomic E-state index is 0.0603. The molecule has 2 atom stereocenters. The molecule has 4 rings (SSSR count). The Balaban J connectivity index is 1.48. The number of fused-ring (bicyclic) bond motifs is 1. The molecule has 0 bridgehead atoms. The van der Waals surface area contributed by atoms with Crippen molar-refractivity contribution in [3.8, 4) is 11.5 Å². The van der Waals surface area contributed by atoms with E-state index in [1.807, 2.05) is 40.9 Å². The number of thioether (sulfide) groups is 1. The van der Waals surface area contributed by atoms with Gasteiger partial charge in [-0.15, -0.1) is 10.2 Å². The van der Waals surface area contributed by atoms with Crippen LogP contribution in [0.25, 0.3) is 11.5 Å². The average molecular weight is 346 g/mol. The molecule has 24 heavy (non-hydrogen) atoms. The van der Waals surface area contributed by atoms with Gasteiger partial charge in [0, 0.05) is 41.4 Å². The SMILES string of the molecule is O=C(Nc1cccc(-c2nnco2)c1)N1CCS[C@H]2COCC[C@@H]21. The van der Waals surface area contributed by atoms with Crippen molar-refractivity contribution in [2.75, 3.05) is 30.8 Å². The number of aromatic nitrogens is 2. The predicted molar refractivity (Wildman–Crippen MR) is 90.9 cm³/mol. The fraction of sp³-hybridized carbons (Fsp3) is 0.438. The standard InChI is InChI=1S/C16H18N4O3S/c21-16(20-5-7-24-14-9-22-6-4-13(14)20)18-12-3-1-2-11(8-12)15-19-17-10-23-15/h1-3,8,10,13-14H,4-7,9H2,(H,18,21)/t13-,14-/m0/s1. The number of ether oxygens (including phenoxy) is 1. The van der Waals surface area contributed by atoms with Gasteiger partial charge in [-0.1, -0.05) is 6.07 Å². The first-order valence-corrected chi connectivity index (χ1v) is 9.00. The van der Waals surface area contributed by atoms with Crippen molar-refractivity contribution in [1.29, 1.82) is 0 Å². The molecule has 2 aliphatic heterocycles. The highest BCUT2D eigenvalue weighted by molar-refractivity contribution is 8.00. The molecular formula is C16H18N4O3S. The number of hydrogen-bond acceptors (Lipinski definition) is 6. The molecule has 0 radical (unpaired) electrons. The predicted octanol–water partition coefficient (Wildman–Crippen LogP) is 2.47. The lowest BCUT2D eigenvalue weighted by molar-refractivity contribution is 0.0520. The van der Waals surface area contributed by atoms with E-state index in [4.69, 9.17) is 9.15 Å². The molecular weight excluding hydrogens is 328 g/mol. The van der Waals surface area contributed by atoms with Gasteiger partial charge in [0.2, 0.25) is 12.3 Å². The van der Waals surface area contributed by atoms with Crippen LogP contribution in [0.1, 0.15) is 6.42 Å². The van der Waals surface area contributed by atoms with Crippen molar-refractivity contribution in [1.82, 2.24) is 15.1 Å². The van der Waals surface area contributed by atoms with Crippen LogP contribution in [0.5, 0.6) is 0 Å². The van der Waals surface area contributed by atoms with Gasteiger partial charge in [-0.2, -0.15) is 11.8 Å². The van der Waals surface area contributed by atoms with Crippen molar-refractivity contribution in [2.45, 2.75) is 17.7 Å². The van der Waals surface area contributed by atoms with Gasteiger partial charge in [-0.05, 0) is 24.6 Å². The maximum Gasteiger partial charge on any atom is 0.322 e. The van der Waals surface area contributed by atoms with Crippen LogP contribution in [0.2, 0.25) is 0 Å². The zero-order valence-electron chi connectivity index (χ0n) is 13.1. The van der Waals surface area contributed by atoms with Gasteiger partial charge < -0.3 is 19.4 Å². The summed E-state index contributed by atoms with van der Waals surface area (Å²) in [6.45, 7) is 2.21. The van der Waals surface area contributed by atoms with E-state index >= 15 is 0 Å². The summed E-state index contributed by atoms with van der Waals surface area (Å²) in [7, 11) is 0. The smallest absolute Gasteiger partial charge is 0.322 e. The lowest BCUT2D eigenvalue weighted by Crippen LogP contribution is -2.55. The van der Waals surface area contributed by atoms with Crippen molar-refractivity contribution >= 4 is 23.5 Å². The van der Waals surface area contributed by atoms with Gasteiger partial charge in [0.1, 0.15) is 0 Å². The van der Waals surface area contributed by atoms with E-state index in [1.165, 1.54) is 6.39 Å². The first-order valence-electron chi connectivity index (χ1n) is 7.95. The van der Waals surface area contributed by atoms with Crippen LogP contribution in [0.3, 0.4) is 0 Å². The van der Waals surface area contributed by atoms with Crippen molar-refractivity contribution in [2.24, 2.45) is 0 Å². The molecule has 0 aliphatic carbocycles. The molecule has 2 aromatic rings. The Bertz CT molecular complexity index is 707. The fourth-order valence-electron chi connectivity index (χ4n) is 3.16. The molecule has 126 valence electrons. The van der Waals surface area contributed by atoms with Crippen LogP contribution in [0.15, 0.2) is 35.1 Å². The van der Waals surface area contributed by atoms with Gasteiger partial charge >= 0.3 is 6.03 Å². The average Bonchev–Trinajstić information content (AvgIpc) is 3.16. The highest BCUT2D eigenvalue weighted by atomic mass is 32.2. The Morgan fingerprint density at radius 3 is 3.25 bits per heavy atom. The molecule has 2 fully saturated rings. The summed E-state index contributed by atoms with van der Waals surface area (Å²) in [6.07, 6.45) is 2.18. The van der Waals surface area contributed by atoms with Gasteiger partial charge in [-0.25, -0.2) is 4.79 Å². The minimum atomic E-state index is -0.0603. The second-order valence-corrected chi connectivity index (χ2v) is 7.14. The Labute approximate surface area is 143 Å². The summed E-state index contributed by atoms with van der Waals surface area (Å²) < 4.78 is 10.7. The van der Waals surface area contributed by atoms with E-state index in [1.54, 1.807) is 0 Å². The van der Waals surface area contributed by atoms with Crippen LogP contribution >= 0.6 is 11.8 Å². The van der Waals surface area contributed by atoms with Crippen LogP contribution in [-0.4, -0.2) is 57.9 Å². The van der Waals surface area contributed by atoms with Gasteiger partial charge in [0.15, 0.2) is 0 Å². The van der Waals surface area contributed by atoms with E-state index in [-0.39, 0.29) is 12.1 Å². The van der Waals surface area contributed by atoms with Gasteiger partial charge in [0.05, 0.1) is 6.61 Å². The number of rotatable bonds is 2. The highest BCUT2D eigenvalue weighted by Crippen LogP contribution is 2.30.